The molecule has 5 heteroatoms. The van der Waals surface area contributed by atoms with Crippen molar-refractivity contribution in [3.63, 3.8) is 0 Å². The van der Waals surface area contributed by atoms with Gasteiger partial charge in [0.2, 0.25) is 11.8 Å². The van der Waals surface area contributed by atoms with Crippen molar-refractivity contribution >= 4 is 16.7 Å². The van der Waals surface area contributed by atoms with Gasteiger partial charge in [0, 0.05) is 24.5 Å². The zero-order valence-corrected chi connectivity index (χ0v) is 16.6. The van der Waals surface area contributed by atoms with E-state index in [4.69, 9.17) is 9.47 Å². The maximum Gasteiger partial charge on any atom is 0.221 e. The molecule has 1 fully saturated rings. The van der Waals surface area contributed by atoms with Crippen molar-refractivity contribution in [2.45, 2.75) is 51.4 Å². The number of benzene rings is 2. The molecule has 1 heterocycles. The van der Waals surface area contributed by atoms with E-state index in [0.717, 1.165) is 47.8 Å². The number of pyridine rings is 1. The van der Waals surface area contributed by atoms with Crippen LogP contribution in [0.15, 0.2) is 60.8 Å². The van der Waals surface area contributed by atoms with Crippen molar-refractivity contribution < 1.29 is 14.3 Å². The maximum atomic E-state index is 11.2. The molecule has 0 bridgehead atoms. The molecule has 0 radical (unpaired) electrons. The van der Waals surface area contributed by atoms with Gasteiger partial charge in [-0.3, -0.25) is 4.79 Å². The van der Waals surface area contributed by atoms with Crippen molar-refractivity contribution in [3.05, 3.63) is 66.4 Å². The molecule has 2 aromatic carbocycles. The molecule has 5 nitrogen and oxygen atoms in total. The summed E-state index contributed by atoms with van der Waals surface area (Å²) in [6.07, 6.45) is 5.77. The Hall–Kier alpha value is -3.08. The summed E-state index contributed by atoms with van der Waals surface area (Å²) < 4.78 is 12.2. The fourth-order valence-corrected chi connectivity index (χ4v) is 3.85. The Morgan fingerprint density at radius 2 is 1.86 bits per heavy atom. The number of nitrogens with one attached hydrogen (secondary N) is 1. The van der Waals surface area contributed by atoms with Crippen LogP contribution in [0.1, 0.15) is 38.2 Å². The predicted molar refractivity (Wildman–Crippen MR) is 113 cm³/mol. The molecule has 29 heavy (non-hydrogen) atoms. The van der Waals surface area contributed by atoms with Gasteiger partial charge >= 0.3 is 0 Å². The summed E-state index contributed by atoms with van der Waals surface area (Å²) in [5, 5.41) is 5.03. The third kappa shape index (κ3) is 5.05. The molecule has 1 amide bonds. The highest BCUT2D eigenvalue weighted by atomic mass is 16.5. The third-order valence-electron chi connectivity index (χ3n) is 5.30. The first-order valence-corrected chi connectivity index (χ1v) is 10.2. The Bertz CT molecular complexity index is 966. The van der Waals surface area contributed by atoms with Crippen LogP contribution in [-0.4, -0.2) is 23.0 Å². The molecule has 0 unspecified atom stereocenters. The smallest absolute Gasteiger partial charge is 0.221 e. The first kappa shape index (κ1) is 19.2. The number of ether oxygens (including phenoxy) is 2. The van der Waals surface area contributed by atoms with Crippen molar-refractivity contribution in [2.75, 3.05) is 0 Å². The minimum Gasteiger partial charge on any atom is -0.490 e. The zero-order valence-electron chi connectivity index (χ0n) is 16.6. The second-order valence-corrected chi connectivity index (χ2v) is 7.57. The highest BCUT2D eigenvalue weighted by Crippen LogP contribution is 2.30. The van der Waals surface area contributed by atoms with E-state index in [9.17, 15) is 4.79 Å². The summed E-state index contributed by atoms with van der Waals surface area (Å²) in [7, 11) is 0. The van der Waals surface area contributed by atoms with E-state index in [-0.39, 0.29) is 18.1 Å². The van der Waals surface area contributed by atoms with Crippen molar-refractivity contribution in [1.29, 1.82) is 0 Å². The molecule has 3 aromatic rings. The van der Waals surface area contributed by atoms with Crippen LogP contribution < -0.4 is 14.8 Å². The van der Waals surface area contributed by atoms with Gasteiger partial charge < -0.3 is 14.8 Å². The fraction of sp³-hybridized carbons (Fsp3) is 0.333. The van der Waals surface area contributed by atoms with Gasteiger partial charge in [-0.2, -0.15) is 0 Å². The average molecular weight is 390 g/mol. The lowest BCUT2D eigenvalue weighted by Gasteiger charge is -2.29. The third-order valence-corrected chi connectivity index (χ3v) is 5.30. The summed E-state index contributed by atoms with van der Waals surface area (Å²) in [4.78, 5) is 15.6. The van der Waals surface area contributed by atoms with Gasteiger partial charge in [0.15, 0.2) is 0 Å². The van der Waals surface area contributed by atoms with Crippen molar-refractivity contribution in [1.82, 2.24) is 10.3 Å². The van der Waals surface area contributed by atoms with E-state index in [2.05, 4.69) is 10.3 Å². The van der Waals surface area contributed by atoms with Crippen LogP contribution in [0.3, 0.4) is 0 Å². The molecule has 1 N–H and O–H groups in total. The average Bonchev–Trinajstić information content (AvgIpc) is 2.74. The van der Waals surface area contributed by atoms with E-state index in [1.54, 1.807) is 13.1 Å². The molecule has 0 aliphatic heterocycles. The van der Waals surface area contributed by atoms with Crippen molar-refractivity contribution in [3.8, 4) is 11.6 Å². The Labute approximate surface area is 171 Å². The molecular weight excluding hydrogens is 364 g/mol. The Kier molecular flexibility index (Phi) is 5.94. The molecule has 1 aliphatic carbocycles. The van der Waals surface area contributed by atoms with Crippen LogP contribution in [0.4, 0.5) is 0 Å². The minimum atomic E-state index is 0.0443. The first-order chi connectivity index (χ1) is 14.2. The van der Waals surface area contributed by atoms with Gasteiger partial charge in [0.05, 0.1) is 6.10 Å². The standard InChI is InChI=1S/C24H26N2O3/c1-17(27)26-20-7-9-21(10-8-20)29-22-11-12-23-19(15-22)13-14-25-24(23)28-16-18-5-3-2-4-6-18/h2-6,11-15,20-21H,7-10,16H2,1H3,(H,26,27)/t20-,21-. The van der Waals surface area contributed by atoms with Crippen LogP contribution in [0.5, 0.6) is 11.6 Å². The summed E-state index contributed by atoms with van der Waals surface area (Å²) in [6, 6.07) is 18.4. The summed E-state index contributed by atoms with van der Waals surface area (Å²) >= 11 is 0. The van der Waals surface area contributed by atoms with E-state index in [1.807, 2.05) is 54.6 Å². The minimum absolute atomic E-state index is 0.0443. The number of nitrogens with zero attached hydrogens (tertiary/aromatic N) is 1. The Morgan fingerprint density at radius 3 is 2.62 bits per heavy atom. The van der Waals surface area contributed by atoms with E-state index in [1.165, 1.54) is 0 Å². The molecular formula is C24H26N2O3. The lowest BCUT2D eigenvalue weighted by Crippen LogP contribution is -2.38. The van der Waals surface area contributed by atoms with Gasteiger partial charge in [-0.25, -0.2) is 4.98 Å². The normalized spacial score (nSPS) is 18.9. The van der Waals surface area contributed by atoms with Gasteiger partial charge in [-0.15, -0.1) is 0 Å². The second kappa shape index (κ2) is 8.95. The number of carbonyl (C=O) groups excluding carboxylic acids is 1. The van der Waals surface area contributed by atoms with Crippen LogP contribution >= 0.6 is 0 Å². The zero-order chi connectivity index (χ0) is 20.1. The molecule has 1 saturated carbocycles. The quantitative estimate of drug-likeness (QED) is 0.666. The van der Waals surface area contributed by atoms with Gasteiger partial charge in [0.1, 0.15) is 12.4 Å². The van der Waals surface area contributed by atoms with Gasteiger partial charge in [-0.1, -0.05) is 30.3 Å². The highest BCUT2D eigenvalue weighted by molar-refractivity contribution is 5.87. The van der Waals surface area contributed by atoms with Crippen molar-refractivity contribution in [2.24, 2.45) is 0 Å². The highest BCUT2D eigenvalue weighted by Gasteiger charge is 2.23. The number of hydrogen-bond donors (Lipinski definition) is 1. The van der Waals surface area contributed by atoms with Crippen LogP contribution in [0.2, 0.25) is 0 Å². The van der Waals surface area contributed by atoms with E-state index < -0.39 is 0 Å². The number of carbonyl (C=O) groups is 1. The van der Waals surface area contributed by atoms with Crippen LogP contribution in [0, 0.1) is 0 Å². The van der Waals surface area contributed by atoms with Gasteiger partial charge in [-0.05, 0) is 60.9 Å². The SMILES string of the molecule is CC(=O)N[C@H]1CC[C@H](Oc2ccc3c(OCc4ccccc4)nccc3c2)CC1. The summed E-state index contributed by atoms with van der Waals surface area (Å²) in [5.74, 6) is 1.54. The van der Waals surface area contributed by atoms with Crippen LogP contribution in [0.25, 0.3) is 10.8 Å². The Morgan fingerprint density at radius 1 is 1.07 bits per heavy atom. The largest absolute Gasteiger partial charge is 0.490 e. The lowest BCUT2D eigenvalue weighted by molar-refractivity contribution is -0.120. The summed E-state index contributed by atoms with van der Waals surface area (Å²) in [5.41, 5.74) is 1.11. The second-order valence-electron chi connectivity index (χ2n) is 7.57. The molecule has 0 atom stereocenters. The fourth-order valence-electron chi connectivity index (χ4n) is 3.85. The molecule has 1 aromatic heterocycles. The monoisotopic (exact) mass is 390 g/mol. The molecule has 0 saturated heterocycles. The molecule has 1 aliphatic rings. The number of amides is 1. The van der Waals surface area contributed by atoms with E-state index in [0.29, 0.717) is 12.5 Å². The maximum absolute atomic E-state index is 11.2. The number of fused-ring (bicyclic) bond motifs is 1. The molecule has 0 spiro atoms. The van der Waals surface area contributed by atoms with Crippen LogP contribution in [-0.2, 0) is 11.4 Å². The first-order valence-electron chi connectivity index (χ1n) is 10.2. The predicted octanol–water partition coefficient (Wildman–Crippen LogP) is 4.64. The molecule has 4 rings (SSSR count). The Balaban J connectivity index is 1.40. The number of rotatable bonds is 6. The topological polar surface area (TPSA) is 60.5 Å². The number of aromatic nitrogens is 1. The van der Waals surface area contributed by atoms with Gasteiger partial charge in [0.25, 0.3) is 0 Å². The summed E-state index contributed by atoms with van der Waals surface area (Å²) in [6.45, 7) is 2.06. The molecule has 150 valence electrons. The lowest BCUT2D eigenvalue weighted by atomic mass is 9.93. The number of hydrogen-bond acceptors (Lipinski definition) is 4. The van der Waals surface area contributed by atoms with E-state index >= 15 is 0 Å².